The van der Waals surface area contributed by atoms with Crippen LogP contribution in [-0.2, 0) is 0 Å². The van der Waals surface area contributed by atoms with Crippen LogP contribution in [0.2, 0.25) is 0 Å². The number of rotatable bonds is 2. The van der Waals surface area contributed by atoms with Crippen LogP contribution >= 0.6 is 0 Å². The van der Waals surface area contributed by atoms with Crippen molar-refractivity contribution in [3.05, 3.63) is 28.1 Å². The largest absolute Gasteiger partial charge is 0.397 e. The van der Waals surface area contributed by atoms with Crippen molar-refractivity contribution in [2.45, 2.75) is 6.43 Å². The molecule has 0 aliphatic carbocycles. The molecule has 0 atom stereocenters. The summed E-state index contributed by atoms with van der Waals surface area (Å²) in [5.41, 5.74) is 3.21. The molecule has 7 heteroatoms. The topological polar surface area (TPSA) is 82.0 Å². The van der Waals surface area contributed by atoms with Gasteiger partial charge in [-0.25, -0.2) is 8.78 Å². The third-order valence-electron chi connectivity index (χ3n) is 1.41. The van der Waals surface area contributed by atoms with Crippen molar-refractivity contribution in [1.29, 1.82) is 0 Å². The third kappa shape index (κ3) is 1.68. The fourth-order valence-electron chi connectivity index (χ4n) is 0.858. The van der Waals surface area contributed by atoms with E-state index in [0.717, 1.165) is 12.4 Å². The van der Waals surface area contributed by atoms with Gasteiger partial charge in [0.15, 0.2) is 0 Å². The average molecular weight is 189 g/mol. The Balaban J connectivity index is 3.34. The molecule has 0 fully saturated rings. The van der Waals surface area contributed by atoms with Crippen LogP contribution < -0.4 is 5.73 Å². The molecule has 0 spiro atoms. The molecule has 0 saturated heterocycles. The molecule has 1 aromatic rings. The summed E-state index contributed by atoms with van der Waals surface area (Å²) in [7, 11) is 0. The van der Waals surface area contributed by atoms with Gasteiger partial charge in [-0.05, 0) is 0 Å². The Morgan fingerprint density at radius 3 is 2.54 bits per heavy atom. The van der Waals surface area contributed by atoms with Gasteiger partial charge in [-0.2, -0.15) is 0 Å². The van der Waals surface area contributed by atoms with Gasteiger partial charge in [-0.1, -0.05) is 0 Å². The van der Waals surface area contributed by atoms with Crippen molar-refractivity contribution in [3.8, 4) is 0 Å². The molecule has 1 rings (SSSR count). The lowest BCUT2D eigenvalue weighted by atomic mass is 10.2. The Bertz CT molecular complexity index is 343. The first-order chi connectivity index (χ1) is 6.04. The van der Waals surface area contributed by atoms with Gasteiger partial charge >= 0.3 is 0 Å². The van der Waals surface area contributed by atoms with Crippen LogP contribution in [0, 0.1) is 10.1 Å². The van der Waals surface area contributed by atoms with Crippen molar-refractivity contribution in [2.24, 2.45) is 0 Å². The normalized spacial score (nSPS) is 10.4. The predicted molar refractivity (Wildman–Crippen MR) is 40.3 cm³/mol. The van der Waals surface area contributed by atoms with Gasteiger partial charge in [0, 0.05) is 0 Å². The maximum atomic E-state index is 12.2. The van der Waals surface area contributed by atoms with Crippen LogP contribution in [0.3, 0.4) is 0 Å². The van der Waals surface area contributed by atoms with Crippen LogP contribution in [-0.4, -0.2) is 9.91 Å². The standard InChI is InChI=1S/C6H5F2N3O2/c7-6(8)5-3(9)1-10-2-4(5)11(12)13/h1-2,6H,9H2. The summed E-state index contributed by atoms with van der Waals surface area (Å²) in [6.45, 7) is 0. The van der Waals surface area contributed by atoms with E-state index < -0.39 is 22.6 Å². The van der Waals surface area contributed by atoms with E-state index in [1.165, 1.54) is 0 Å². The predicted octanol–water partition coefficient (Wildman–Crippen LogP) is 1.51. The first kappa shape index (κ1) is 9.30. The molecule has 0 bridgehead atoms. The van der Waals surface area contributed by atoms with Gasteiger partial charge in [0.05, 0.1) is 16.8 Å². The van der Waals surface area contributed by atoms with E-state index in [4.69, 9.17) is 5.73 Å². The molecule has 0 amide bonds. The summed E-state index contributed by atoms with van der Waals surface area (Å²) in [4.78, 5) is 12.7. The molecule has 0 unspecified atom stereocenters. The Labute approximate surface area is 71.3 Å². The van der Waals surface area contributed by atoms with Crippen molar-refractivity contribution < 1.29 is 13.7 Å². The number of nitrogen functional groups attached to an aromatic ring is 1. The van der Waals surface area contributed by atoms with Crippen molar-refractivity contribution >= 4 is 11.4 Å². The average Bonchev–Trinajstić information content (AvgIpc) is 2.02. The van der Waals surface area contributed by atoms with Gasteiger partial charge < -0.3 is 5.73 Å². The van der Waals surface area contributed by atoms with E-state index in [0.29, 0.717) is 0 Å². The maximum absolute atomic E-state index is 12.2. The van der Waals surface area contributed by atoms with Crippen molar-refractivity contribution in [3.63, 3.8) is 0 Å². The molecule has 5 nitrogen and oxygen atoms in total. The summed E-state index contributed by atoms with van der Waals surface area (Å²) in [5.74, 6) is 0. The number of halogens is 2. The number of nitrogens with zero attached hydrogens (tertiary/aromatic N) is 2. The quantitative estimate of drug-likeness (QED) is 0.564. The number of nitrogens with two attached hydrogens (primary N) is 1. The maximum Gasteiger partial charge on any atom is 0.298 e. The lowest BCUT2D eigenvalue weighted by molar-refractivity contribution is -0.386. The fourth-order valence-corrected chi connectivity index (χ4v) is 0.858. The van der Waals surface area contributed by atoms with E-state index >= 15 is 0 Å². The highest BCUT2D eigenvalue weighted by atomic mass is 19.3. The second-order valence-corrected chi connectivity index (χ2v) is 2.22. The Kier molecular flexibility index (Phi) is 2.36. The van der Waals surface area contributed by atoms with Crippen LogP contribution in [0.1, 0.15) is 12.0 Å². The zero-order chi connectivity index (χ0) is 10.0. The number of pyridine rings is 1. The lowest BCUT2D eigenvalue weighted by Gasteiger charge is -2.03. The van der Waals surface area contributed by atoms with E-state index in [2.05, 4.69) is 4.98 Å². The highest BCUT2D eigenvalue weighted by Gasteiger charge is 2.24. The minimum atomic E-state index is -2.97. The summed E-state index contributed by atoms with van der Waals surface area (Å²) in [6, 6.07) is 0. The van der Waals surface area contributed by atoms with Crippen molar-refractivity contribution in [2.75, 3.05) is 5.73 Å². The number of alkyl halides is 2. The summed E-state index contributed by atoms with van der Waals surface area (Å²) in [5, 5.41) is 10.3. The van der Waals surface area contributed by atoms with Crippen LogP contribution in [0.4, 0.5) is 20.2 Å². The zero-order valence-corrected chi connectivity index (χ0v) is 6.28. The summed E-state index contributed by atoms with van der Waals surface area (Å²) in [6.07, 6.45) is -1.27. The molecule has 0 saturated carbocycles. The van der Waals surface area contributed by atoms with Gasteiger partial charge in [0.2, 0.25) is 0 Å². The second-order valence-electron chi connectivity index (χ2n) is 2.22. The van der Waals surface area contributed by atoms with Gasteiger partial charge in [-0.15, -0.1) is 0 Å². The van der Waals surface area contributed by atoms with Gasteiger partial charge in [0.1, 0.15) is 11.8 Å². The van der Waals surface area contributed by atoms with Crippen molar-refractivity contribution in [1.82, 2.24) is 4.98 Å². The van der Waals surface area contributed by atoms with Crippen LogP contribution in [0.25, 0.3) is 0 Å². The summed E-state index contributed by atoms with van der Waals surface area (Å²) < 4.78 is 24.5. The Hall–Kier alpha value is -1.79. The van der Waals surface area contributed by atoms with Gasteiger partial charge in [-0.3, -0.25) is 15.1 Å². The monoisotopic (exact) mass is 189 g/mol. The van der Waals surface area contributed by atoms with E-state index in [-0.39, 0.29) is 5.69 Å². The first-order valence-electron chi connectivity index (χ1n) is 3.20. The molecule has 0 aliphatic heterocycles. The number of nitro groups is 1. The summed E-state index contributed by atoms with van der Waals surface area (Å²) >= 11 is 0. The fraction of sp³-hybridized carbons (Fsp3) is 0.167. The number of hydrogen-bond acceptors (Lipinski definition) is 4. The number of hydrogen-bond donors (Lipinski definition) is 1. The smallest absolute Gasteiger partial charge is 0.298 e. The minimum Gasteiger partial charge on any atom is -0.397 e. The second kappa shape index (κ2) is 3.30. The first-order valence-corrected chi connectivity index (χ1v) is 3.20. The molecule has 2 N–H and O–H groups in total. The SMILES string of the molecule is Nc1cncc([N+](=O)[O-])c1C(F)F. The molecular weight excluding hydrogens is 184 g/mol. The van der Waals surface area contributed by atoms with Gasteiger partial charge in [0.25, 0.3) is 12.1 Å². The molecular formula is C6H5F2N3O2. The van der Waals surface area contributed by atoms with E-state index in [1.54, 1.807) is 0 Å². The van der Waals surface area contributed by atoms with E-state index in [9.17, 15) is 18.9 Å². The Morgan fingerprint density at radius 2 is 2.15 bits per heavy atom. The molecule has 1 aromatic heterocycles. The lowest BCUT2D eigenvalue weighted by Crippen LogP contribution is -2.01. The molecule has 1 heterocycles. The highest BCUT2D eigenvalue weighted by Crippen LogP contribution is 2.32. The highest BCUT2D eigenvalue weighted by molar-refractivity contribution is 5.55. The molecule has 0 aliphatic rings. The molecule has 0 aromatic carbocycles. The number of anilines is 1. The molecule has 13 heavy (non-hydrogen) atoms. The van der Waals surface area contributed by atoms with Crippen LogP contribution in [0.15, 0.2) is 12.4 Å². The zero-order valence-electron chi connectivity index (χ0n) is 6.28. The molecule has 70 valence electrons. The third-order valence-corrected chi connectivity index (χ3v) is 1.41. The van der Waals surface area contributed by atoms with E-state index in [1.807, 2.05) is 0 Å². The Morgan fingerprint density at radius 1 is 1.54 bits per heavy atom. The minimum absolute atomic E-state index is 0.371. The molecule has 0 radical (unpaired) electrons. The number of aromatic nitrogens is 1. The van der Waals surface area contributed by atoms with Crippen LogP contribution in [0.5, 0.6) is 0 Å².